The van der Waals surface area contributed by atoms with Gasteiger partial charge in [0.1, 0.15) is 5.82 Å². The smallest absolute Gasteiger partial charge is 0.252 e. The van der Waals surface area contributed by atoms with Crippen molar-refractivity contribution in [2.24, 2.45) is 0 Å². The molecule has 0 radical (unpaired) electrons. The lowest BCUT2D eigenvalue weighted by Gasteiger charge is -2.14. The van der Waals surface area contributed by atoms with E-state index < -0.39 is 0 Å². The van der Waals surface area contributed by atoms with Gasteiger partial charge in [0.05, 0.1) is 5.56 Å². The van der Waals surface area contributed by atoms with E-state index in [0.717, 1.165) is 25.0 Å². The number of thioether (sulfide) groups is 1. The Bertz CT molecular complexity index is 469. The first-order chi connectivity index (χ1) is 9.10. The minimum absolute atomic E-state index is 0.126. The molecular weight excluding hydrogens is 329 g/mol. The molecule has 0 heterocycles. The Morgan fingerprint density at radius 3 is 3.00 bits per heavy atom. The normalized spacial score (nSPS) is 22.5. The second-order valence-electron chi connectivity index (χ2n) is 4.68. The maximum atomic E-state index is 13.0. The summed E-state index contributed by atoms with van der Waals surface area (Å²) in [7, 11) is 0. The molecule has 104 valence electrons. The summed E-state index contributed by atoms with van der Waals surface area (Å²) in [5, 5.41) is 3.70. The highest BCUT2D eigenvalue weighted by Gasteiger charge is 2.26. The molecular formula is C14H17BrFNOS. The lowest BCUT2D eigenvalue weighted by Crippen LogP contribution is -2.33. The predicted molar refractivity (Wildman–Crippen MR) is 81.1 cm³/mol. The average molecular weight is 346 g/mol. The van der Waals surface area contributed by atoms with Gasteiger partial charge in [0.2, 0.25) is 0 Å². The van der Waals surface area contributed by atoms with Crippen molar-refractivity contribution in [2.75, 3.05) is 5.75 Å². The summed E-state index contributed by atoms with van der Waals surface area (Å²) in [4.78, 5) is 12.1. The summed E-state index contributed by atoms with van der Waals surface area (Å²) < 4.78 is 13.5. The fourth-order valence-corrected chi connectivity index (χ4v) is 4.07. The van der Waals surface area contributed by atoms with Crippen LogP contribution in [0.5, 0.6) is 0 Å². The summed E-state index contributed by atoms with van der Waals surface area (Å²) in [6, 6.07) is 4.39. The molecule has 1 aromatic carbocycles. The molecule has 19 heavy (non-hydrogen) atoms. The van der Waals surface area contributed by atoms with Crippen molar-refractivity contribution in [3.8, 4) is 0 Å². The molecule has 5 heteroatoms. The molecule has 0 aromatic heterocycles. The van der Waals surface area contributed by atoms with Crippen molar-refractivity contribution in [1.29, 1.82) is 0 Å². The van der Waals surface area contributed by atoms with Gasteiger partial charge in [-0.25, -0.2) is 4.39 Å². The molecule has 1 amide bonds. The molecule has 1 N–H and O–H groups in total. The maximum Gasteiger partial charge on any atom is 0.252 e. The van der Waals surface area contributed by atoms with E-state index in [4.69, 9.17) is 0 Å². The Kier molecular flexibility index (Phi) is 5.28. The fraction of sp³-hybridized carbons (Fsp3) is 0.500. The van der Waals surface area contributed by atoms with Gasteiger partial charge in [-0.15, -0.1) is 0 Å². The van der Waals surface area contributed by atoms with Crippen LogP contribution in [0.15, 0.2) is 22.7 Å². The fourth-order valence-electron chi connectivity index (χ4n) is 2.40. The van der Waals surface area contributed by atoms with Crippen molar-refractivity contribution in [3.05, 3.63) is 34.1 Å². The molecule has 1 aliphatic carbocycles. The van der Waals surface area contributed by atoms with Crippen LogP contribution >= 0.6 is 27.7 Å². The molecule has 0 saturated heterocycles. The molecule has 1 fully saturated rings. The number of nitrogens with one attached hydrogen (secondary N) is 1. The van der Waals surface area contributed by atoms with Crippen LogP contribution in [-0.4, -0.2) is 23.0 Å². The Balaban J connectivity index is 1.94. The molecule has 2 atom stereocenters. The van der Waals surface area contributed by atoms with E-state index in [1.807, 2.05) is 11.8 Å². The summed E-state index contributed by atoms with van der Waals surface area (Å²) >= 11 is 5.19. The Labute approximate surface area is 125 Å². The van der Waals surface area contributed by atoms with E-state index in [1.54, 1.807) is 0 Å². The predicted octanol–water partition coefficient (Wildman–Crippen LogP) is 3.99. The molecule has 0 bridgehead atoms. The molecule has 1 aromatic rings. The number of amides is 1. The first-order valence-corrected chi connectivity index (χ1v) is 8.32. The Morgan fingerprint density at radius 2 is 2.32 bits per heavy atom. The van der Waals surface area contributed by atoms with Gasteiger partial charge >= 0.3 is 0 Å². The molecule has 2 nitrogen and oxygen atoms in total. The Hall–Kier alpha value is -0.550. The maximum absolute atomic E-state index is 13.0. The number of benzene rings is 1. The first-order valence-electron chi connectivity index (χ1n) is 6.47. The summed E-state index contributed by atoms with van der Waals surface area (Å²) in [6.45, 7) is 2.16. The average Bonchev–Trinajstić information content (AvgIpc) is 2.76. The van der Waals surface area contributed by atoms with E-state index in [9.17, 15) is 9.18 Å². The molecule has 0 aliphatic heterocycles. The van der Waals surface area contributed by atoms with Crippen LogP contribution in [0, 0.1) is 5.82 Å². The summed E-state index contributed by atoms with van der Waals surface area (Å²) in [6.07, 6.45) is 3.22. The zero-order valence-corrected chi connectivity index (χ0v) is 13.2. The van der Waals surface area contributed by atoms with Crippen LogP contribution in [0.3, 0.4) is 0 Å². The number of halogens is 2. The van der Waals surface area contributed by atoms with Crippen LogP contribution in [0.4, 0.5) is 4.39 Å². The summed E-state index contributed by atoms with van der Waals surface area (Å²) in [5.74, 6) is 0.650. The van der Waals surface area contributed by atoms with Crippen molar-refractivity contribution in [1.82, 2.24) is 5.32 Å². The molecule has 2 rings (SSSR count). The summed E-state index contributed by atoms with van der Waals surface area (Å²) in [5.41, 5.74) is 0.494. The van der Waals surface area contributed by atoms with Gasteiger partial charge in [0, 0.05) is 15.8 Å². The number of hydrogen-bond acceptors (Lipinski definition) is 2. The monoisotopic (exact) mass is 345 g/mol. The second-order valence-corrected chi connectivity index (χ2v) is 7.12. The van der Waals surface area contributed by atoms with Crippen LogP contribution < -0.4 is 5.32 Å². The van der Waals surface area contributed by atoms with E-state index in [1.165, 1.54) is 18.2 Å². The largest absolute Gasteiger partial charge is 0.349 e. The number of carbonyl (C=O) groups excluding carboxylic acids is 1. The highest BCUT2D eigenvalue weighted by atomic mass is 79.9. The van der Waals surface area contributed by atoms with Crippen molar-refractivity contribution in [2.45, 2.75) is 37.5 Å². The lowest BCUT2D eigenvalue weighted by molar-refractivity contribution is 0.0937. The number of carbonyl (C=O) groups is 1. The highest BCUT2D eigenvalue weighted by Crippen LogP contribution is 2.30. The topological polar surface area (TPSA) is 29.1 Å². The quantitative estimate of drug-likeness (QED) is 0.893. The van der Waals surface area contributed by atoms with Gasteiger partial charge in [-0.05, 0) is 59.1 Å². The van der Waals surface area contributed by atoms with Crippen molar-refractivity contribution < 1.29 is 9.18 Å². The molecule has 0 spiro atoms. The van der Waals surface area contributed by atoms with Crippen LogP contribution in [-0.2, 0) is 0 Å². The third-order valence-corrected chi connectivity index (χ3v) is 5.19. The van der Waals surface area contributed by atoms with E-state index in [0.29, 0.717) is 15.3 Å². The lowest BCUT2D eigenvalue weighted by atomic mass is 10.2. The SMILES string of the molecule is CCSC1CCC(NC(=O)c2ccc(F)cc2Br)C1. The second kappa shape index (κ2) is 6.75. The van der Waals surface area contributed by atoms with Crippen molar-refractivity contribution in [3.63, 3.8) is 0 Å². The van der Waals surface area contributed by atoms with Crippen LogP contribution in [0.25, 0.3) is 0 Å². The third kappa shape index (κ3) is 3.96. The van der Waals surface area contributed by atoms with Gasteiger partial charge in [-0.3, -0.25) is 4.79 Å². The van der Waals surface area contributed by atoms with Crippen molar-refractivity contribution >= 4 is 33.6 Å². The van der Waals surface area contributed by atoms with E-state index in [2.05, 4.69) is 28.2 Å². The molecule has 2 unspecified atom stereocenters. The number of rotatable bonds is 4. The molecule has 1 saturated carbocycles. The number of hydrogen-bond donors (Lipinski definition) is 1. The third-order valence-electron chi connectivity index (χ3n) is 3.30. The first kappa shape index (κ1) is 14.9. The molecule has 1 aliphatic rings. The van der Waals surface area contributed by atoms with E-state index >= 15 is 0 Å². The van der Waals surface area contributed by atoms with Gasteiger partial charge in [-0.1, -0.05) is 6.92 Å². The van der Waals surface area contributed by atoms with Gasteiger partial charge < -0.3 is 5.32 Å². The standard InChI is InChI=1S/C14H17BrFNOS/c1-2-19-11-5-4-10(8-11)17-14(18)12-6-3-9(16)7-13(12)15/h3,6-7,10-11H,2,4-5,8H2,1H3,(H,17,18). The minimum atomic E-state index is -0.344. The van der Waals surface area contributed by atoms with E-state index in [-0.39, 0.29) is 17.8 Å². The van der Waals surface area contributed by atoms with Gasteiger partial charge in [0.25, 0.3) is 5.91 Å². The zero-order valence-electron chi connectivity index (χ0n) is 10.8. The highest BCUT2D eigenvalue weighted by molar-refractivity contribution is 9.10. The van der Waals surface area contributed by atoms with Gasteiger partial charge in [0.15, 0.2) is 0 Å². The minimum Gasteiger partial charge on any atom is -0.349 e. The van der Waals surface area contributed by atoms with Crippen LogP contribution in [0.1, 0.15) is 36.5 Å². The van der Waals surface area contributed by atoms with Crippen LogP contribution in [0.2, 0.25) is 0 Å². The Morgan fingerprint density at radius 1 is 1.53 bits per heavy atom. The zero-order chi connectivity index (χ0) is 13.8. The van der Waals surface area contributed by atoms with Gasteiger partial charge in [-0.2, -0.15) is 11.8 Å².